The van der Waals surface area contributed by atoms with Crippen LogP contribution >= 0.6 is 0 Å². The minimum atomic E-state index is -1.55. The zero-order valence-electron chi connectivity index (χ0n) is 17.9. The lowest BCUT2D eigenvalue weighted by Crippen LogP contribution is -2.15. The maximum Gasteiger partial charge on any atom is 0.377 e. The Balaban J connectivity index is 1.68. The van der Waals surface area contributed by atoms with Crippen LogP contribution < -0.4 is 9.47 Å². The molecule has 0 unspecified atom stereocenters. The van der Waals surface area contributed by atoms with E-state index in [2.05, 4.69) is 4.98 Å². The molecule has 4 aromatic rings. The molecule has 0 fully saturated rings. The Morgan fingerprint density at radius 1 is 0.909 bits per heavy atom. The van der Waals surface area contributed by atoms with E-state index >= 15 is 0 Å². The van der Waals surface area contributed by atoms with Crippen LogP contribution in [0.4, 0.5) is 0 Å². The number of pyridine rings is 1. The van der Waals surface area contributed by atoms with E-state index in [4.69, 9.17) is 9.47 Å². The van der Waals surface area contributed by atoms with E-state index in [0.29, 0.717) is 29.2 Å². The number of hydrogen-bond donors (Lipinski definition) is 1. The summed E-state index contributed by atoms with van der Waals surface area (Å²) in [5.41, 5.74) is 2.53. The smallest absolute Gasteiger partial charge is 0.377 e. The molecule has 33 heavy (non-hydrogen) atoms. The van der Waals surface area contributed by atoms with Crippen LogP contribution in [0.2, 0.25) is 0 Å². The van der Waals surface area contributed by atoms with Gasteiger partial charge in [0.2, 0.25) is 0 Å². The molecule has 3 aromatic carbocycles. The number of methoxy groups -OCH3 is 1. The number of carbonyl (C=O) groups is 2. The van der Waals surface area contributed by atoms with Gasteiger partial charge in [-0.15, -0.1) is 0 Å². The first-order chi connectivity index (χ1) is 16.0. The summed E-state index contributed by atoms with van der Waals surface area (Å²) in [7, 11) is 1.52. The summed E-state index contributed by atoms with van der Waals surface area (Å²) in [6.45, 7) is 0.371. The lowest BCUT2D eigenvalue weighted by molar-refractivity contribution is -0.146. The summed E-state index contributed by atoms with van der Waals surface area (Å²) in [5, 5.41) is 10.3. The Morgan fingerprint density at radius 2 is 1.67 bits per heavy atom. The third-order valence-corrected chi connectivity index (χ3v) is 5.05. The molecular formula is C27H21NO5. The number of carboxylic acid groups (broad SMARTS) is 1. The molecule has 6 nitrogen and oxygen atoms in total. The predicted octanol–water partition coefficient (Wildman–Crippen LogP) is 5.02. The van der Waals surface area contributed by atoms with Crippen LogP contribution in [-0.2, 0) is 16.2 Å². The maximum absolute atomic E-state index is 12.5. The first kappa shape index (κ1) is 21.8. The van der Waals surface area contributed by atoms with Crippen LogP contribution in [0.1, 0.15) is 16.8 Å². The van der Waals surface area contributed by atoms with Gasteiger partial charge in [0, 0.05) is 5.39 Å². The quantitative estimate of drug-likeness (QED) is 0.307. The molecule has 0 saturated heterocycles. The number of aliphatic carboxylic acids is 1. The number of para-hydroxylation sites is 1. The predicted molar refractivity (Wildman–Crippen MR) is 126 cm³/mol. The van der Waals surface area contributed by atoms with E-state index in [1.54, 1.807) is 24.3 Å². The lowest BCUT2D eigenvalue weighted by Gasteiger charge is -2.12. The molecule has 0 radical (unpaired) electrons. The summed E-state index contributed by atoms with van der Waals surface area (Å²) < 4.78 is 11.3. The van der Waals surface area contributed by atoms with Crippen molar-refractivity contribution in [1.29, 1.82) is 0 Å². The first-order valence-corrected chi connectivity index (χ1v) is 10.3. The highest BCUT2D eigenvalue weighted by Crippen LogP contribution is 2.31. The zero-order chi connectivity index (χ0) is 23.2. The number of nitrogens with zero attached hydrogens (tertiary/aromatic N) is 1. The fourth-order valence-corrected chi connectivity index (χ4v) is 3.38. The molecule has 0 amide bonds. The highest BCUT2D eigenvalue weighted by Gasteiger charge is 2.21. The van der Waals surface area contributed by atoms with Gasteiger partial charge in [-0.25, -0.2) is 9.78 Å². The molecule has 0 aliphatic rings. The van der Waals surface area contributed by atoms with Gasteiger partial charge in [-0.05, 0) is 41.5 Å². The minimum Gasteiger partial charge on any atom is -0.493 e. The van der Waals surface area contributed by atoms with Crippen molar-refractivity contribution in [1.82, 2.24) is 4.98 Å². The molecule has 0 aliphatic carbocycles. The summed E-state index contributed by atoms with van der Waals surface area (Å²) in [6.07, 6.45) is 1.50. The van der Waals surface area contributed by atoms with Crippen LogP contribution in [0.25, 0.3) is 22.6 Å². The van der Waals surface area contributed by atoms with Crippen LogP contribution in [-0.4, -0.2) is 29.0 Å². The topological polar surface area (TPSA) is 85.7 Å². The zero-order valence-corrected chi connectivity index (χ0v) is 17.9. The van der Waals surface area contributed by atoms with E-state index in [9.17, 15) is 14.7 Å². The molecule has 4 rings (SSSR count). The molecule has 0 aliphatic heterocycles. The second kappa shape index (κ2) is 9.78. The maximum atomic E-state index is 12.5. The summed E-state index contributed by atoms with van der Waals surface area (Å²) in [4.78, 5) is 28.5. The highest BCUT2D eigenvalue weighted by atomic mass is 16.5. The van der Waals surface area contributed by atoms with Crippen LogP contribution in [0, 0.1) is 0 Å². The Bertz CT molecular complexity index is 1350. The number of fused-ring (bicyclic) bond motifs is 1. The molecule has 164 valence electrons. The Hall–Kier alpha value is -4.45. The molecule has 1 aromatic heterocycles. The Morgan fingerprint density at radius 3 is 2.42 bits per heavy atom. The number of carbonyl (C=O) groups excluding carboxylic acids is 1. The molecule has 1 heterocycles. The first-order valence-electron chi connectivity index (χ1n) is 10.3. The monoisotopic (exact) mass is 439 g/mol. The fourth-order valence-electron chi connectivity index (χ4n) is 3.38. The largest absolute Gasteiger partial charge is 0.493 e. The van der Waals surface area contributed by atoms with Crippen molar-refractivity contribution in [3.63, 3.8) is 0 Å². The van der Waals surface area contributed by atoms with Gasteiger partial charge in [-0.1, -0.05) is 60.7 Å². The van der Waals surface area contributed by atoms with Gasteiger partial charge in [0.25, 0.3) is 5.78 Å². The lowest BCUT2D eigenvalue weighted by atomic mass is 10.0. The molecule has 0 spiro atoms. The van der Waals surface area contributed by atoms with Gasteiger partial charge in [0.15, 0.2) is 11.5 Å². The van der Waals surface area contributed by atoms with Gasteiger partial charge < -0.3 is 14.6 Å². The van der Waals surface area contributed by atoms with E-state index in [1.807, 2.05) is 60.7 Å². The molecule has 1 N–H and O–H groups in total. The number of aromatic nitrogens is 1. The molecule has 6 heteroatoms. The van der Waals surface area contributed by atoms with Crippen molar-refractivity contribution < 1.29 is 24.2 Å². The average molecular weight is 439 g/mol. The second-order valence-corrected chi connectivity index (χ2v) is 7.27. The number of Topliss-reactive ketones (excluding diaryl/α,β-unsaturated/α-hetero) is 1. The van der Waals surface area contributed by atoms with Crippen molar-refractivity contribution in [2.45, 2.75) is 6.61 Å². The Kier molecular flexibility index (Phi) is 6.45. The number of hydrogen-bond acceptors (Lipinski definition) is 5. The van der Waals surface area contributed by atoms with Gasteiger partial charge in [0.1, 0.15) is 6.61 Å². The average Bonchev–Trinajstić information content (AvgIpc) is 2.86. The molecule has 0 bridgehead atoms. The Labute approximate surface area is 190 Å². The van der Waals surface area contributed by atoms with Crippen LogP contribution in [0.5, 0.6) is 11.5 Å². The van der Waals surface area contributed by atoms with E-state index in [-0.39, 0.29) is 11.3 Å². The fraction of sp³-hybridized carbons (Fsp3) is 0.0741. The van der Waals surface area contributed by atoms with Crippen molar-refractivity contribution in [3.8, 4) is 11.5 Å². The number of benzene rings is 3. The number of ether oxygens (including phenoxy) is 2. The van der Waals surface area contributed by atoms with E-state index in [1.165, 1.54) is 13.2 Å². The van der Waals surface area contributed by atoms with Crippen LogP contribution in [0.15, 0.2) is 84.9 Å². The van der Waals surface area contributed by atoms with Crippen LogP contribution in [0.3, 0.4) is 0 Å². The second-order valence-electron chi connectivity index (χ2n) is 7.27. The normalized spacial score (nSPS) is 11.2. The van der Waals surface area contributed by atoms with Crippen molar-refractivity contribution >= 4 is 34.3 Å². The minimum absolute atomic E-state index is 0.0201. The number of rotatable bonds is 8. The third-order valence-electron chi connectivity index (χ3n) is 5.05. The van der Waals surface area contributed by atoms with Gasteiger partial charge in [0.05, 0.1) is 23.9 Å². The molecular weight excluding hydrogens is 418 g/mol. The van der Waals surface area contributed by atoms with Gasteiger partial charge in [-0.2, -0.15) is 0 Å². The number of carboxylic acids is 1. The van der Waals surface area contributed by atoms with Gasteiger partial charge >= 0.3 is 5.97 Å². The van der Waals surface area contributed by atoms with Crippen molar-refractivity contribution in [3.05, 3.63) is 102 Å². The van der Waals surface area contributed by atoms with E-state index in [0.717, 1.165) is 10.9 Å². The SMILES string of the molecule is COc1cc(/C=C(/C(=O)C(=O)O)c2ccc3ccccc3n2)ccc1OCc1ccccc1. The standard InChI is InChI=1S/C27H21NO5/c1-32-25-16-19(11-14-24(25)33-17-18-7-3-2-4-8-18)15-21(26(29)27(30)31)23-13-12-20-9-5-6-10-22(20)28-23/h2-16H,17H2,1H3,(H,30,31)/b21-15+. The summed E-state index contributed by atoms with van der Waals surface area (Å²) in [5.74, 6) is -1.59. The molecule has 0 atom stereocenters. The van der Waals surface area contributed by atoms with Crippen molar-refractivity contribution in [2.24, 2.45) is 0 Å². The highest BCUT2D eigenvalue weighted by molar-refractivity contribution is 6.52. The molecule has 0 saturated carbocycles. The van der Waals surface area contributed by atoms with Crippen molar-refractivity contribution in [2.75, 3.05) is 7.11 Å². The van der Waals surface area contributed by atoms with E-state index < -0.39 is 11.8 Å². The number of ketones is 1. The summed E-state index contributed by atoms with van der Waals surface area (Å²) >= 11 is 0. The summed E-state index contributed by atoms with van der Waals surface area (Å²) in [6, 6.07) is 25.8. The van der Waals surface area contributed by atoms with Gasteiger partial charge in [-0.3, -0.25) is 4.79 Å². The third kappa shape index (κ3) is 5.07.